The van der Waals surface area contributed by atoms with Crippen LogP contribution in [0.15, 0.2) is 22.7 Å². The molecule has 2 N–H and O–H groups in total. The first-order valence-electron chi connectivity index (χ1n) is 5.33. The van der Waals surface area contributed by atoms with E-state index < -0.39 is 0 Å². The molecule has 1 aromatic carbocycles. The highest BCUT2D eigenvalue weighted by atomic mass is 79.9. The molecule has 0 amide bonds. The van der Waals surface area contributed by atoms with Gasteiger partial charge in [0.15, 0.2) is 0 Å². The van der Waals surface area contributed by atoms with E-state index in [1.807, 2.05) is 18.2 Å². The molecule has 0 aliphatic carbocycles. The number of halogens is 1. The molecule has 0 aliphatic heterocycles. The second-order valence-electron chi connectivity index (χ2n) is 3.51. The molecule has 1 rings (SSSR count). The monoisotopic (exact) mass is 301 g/mol. The van der Waals surface area contributed by atoms with Crippen LogP contribution in [0.5, 0.6) is 5.75 Å². The number of ether oxygens (including phenoxy) is 2. The molecular weight excluding hydrogens is 286 g/mol. The van der Waals surface area contributed by atoms with Crippen LogP contribution in [0.25, 0.3) is 0 Å². The van der Waals surface area contributed by atoms with Crippen molar-refractivity contribution in [2.45, 2.75) is 19.4 Å². The zero-order chi connectivity index (χ0) is 12.8. The molecule has 0 spiro atoms. The normalized spacial score (nSPS) is 12.0. The number of hydrogen-bond acceptors (Lipinski definition) is 4. The molecule has 1 atom stereocenters. The van der Waals surface area contributed by atoms with E-state index in [0.717, 1.165) is 15.8 Å². The molecule has 0 bridgehead atoms. The number of rotatable bonds is 5. The standard InChI is InChI=1S/C12H16BrNO3/c1-3-17-12(15)7-10(14)8-4-5-11(16-2)9(13)6-8/h4-6,10H,3,7,14H2,1-2H3. The number of carbonyl (C=O) groups excluding carboxylic acids is 1. The summed E-state index contributed by atoms with van der Waals surface area (Å²) >= 11 is 3.38. The molecular formula is C12H16BrNO3. The summed E-state index contributed by atoms with van der Waals surface area (Å²) in [5.41, 5.74) is 6.79. The van der Waals surface area contributed by atoms with Gasteiger partial charge in [-0.3, -0.25) is 4.79 Å². The molecule has 0 aliphatic rings. The molecule has 1 aromatic rings. The quantitative estimate of drug-likeness (QED) is 0.849. The van der Waals surface area contributed by atoms with Crippen molar-refractivity contribution in [1.29, 1.82) is 0 Å². The van der Waals surface area contributed by atoms with Gasteiger partial charge in [-0.25, -0.2) is 0 Å². The fourth-order valence-corrected chi connectivity index (χ4v) is 1.99. The van der Waals surface area contributed by atoms with E-state index in [0.29, 0.717) is 6.61 Å². The number of hydrogen-bond donors (Lipinski definition) is 1. The predicted octanol–water partition coefficient (Wildman–Crippen LogP) is 2.41. The van der Waals surface area contributed by atoms with Crippen LogP contribution in [0.4, 0.5) is 0 Å². The maximum Gasteiger partial charge on any atom is 0.307 e. The number of carbonyl (C=O) groups is 1. The van der Waals surface area contributed by atoms with E-state index in [2.05, 4.69) is 15.9 Å². The van der Waals surface area contributed by atoms with Gasteiger partial charge < -0.3 is 15.2 Å². The van der Waals surface area contributed by atoms with E-state index in [9.17, 15) is 4.79 Å². The van der Waals surface area contributed by atoms with Crippen LogP contribution in [-0.4, -0.2) is 19.7 Å². The first kappa shape index (κ1) is 14.0. The Kier molecular flexibility index (Phi) is 5.44. The van der Waals surface area contributed by atoms with Crippen molar-refractivity contribution in [1.82, 2.24) is 0 Å². The minimum atomic E-state index is -0.365. The molecule has 4 nitrogen and oxygen atoms in total. The number of methoxy groups -OCH3 is 1. The molecule has 0 radical (unpaired) electrons. The van der Waals surface area contributed by atoms with Gasteiger partial charge in [0.1, 0.15) is 5.75 Å². The molecule has 94 valence electrons. The Balaban J connectivity index is 2.72. The van der Waals surface area contributed by atoms with Crippen molar-refractivity contribution in [3.05, 3.63) is 28.2 Å². The lowest BCUT2D eigenvalue weighted by molar-refractivity contribution is -0.143. The first-order chi connectivity index (χ1) is 8.08. The second-order valence-corrected chi connectivity index (χ2v) is 4.36. The maximum absolute atomic E-state index is 11.3. The van der Waals surface area contributed by atoms with Crippen LogP contribution in [0.2, 0.25) is 0 Å². The highest BCUT2D eigenvalue weighted by Gasteiger charge is 2.13. The van der Waals surface area contributed by atoms with Crippen molar-refractivity contribution in [3.63, 3.8) is 0 Å². The van der Waals surface area contributed by atoms with Crippen molar-refractivity contribution in [3.8, 4) is 5.75 Å². The number of nitrogens with two attached hydrogens (primary N) is 1. The molecule has 0 fully saturated rings. The number of benzene rings is 1. The zero-order valence-corrected chi connectivity index (χ0v) is 11.5. The molecule has 0 saturated heterocycles. The number of esters is 1. The Labute approximate surface area is 109 Å². The first-order valence-corrected chi connectivity index (χ1v) is 6.12. The van der Waals surface area contributed by atoms with E-state index >= 15 is 0 Å². The average molecular weight is 302 g/mol. The topological polar surface area (TPSA) is 61.5 Å². The van der Waals surface area contributed by atoms with E-state index in [1.165, 1.54) is 0 Å². The zero-order valence-electron chi connectivity index (χ0n) is 9.90. The van der Waals surface area contributed by atoms with Crippen molar-refractivity contribution < 1.29 is 14.3 Å². The lowest BCUT2D eigenvalue weighted by Gasteiger charge is -2.13. The molecule has 0 heterocycles. The van der Waals surface area contributed by atoms with Crippen LogP contribution < -0.4 is 10.5 Å². The minimum absolute atomic E-state index is 0.173. The van der Waals surface area contributed by atoms with Gasteiger partial charge in [-0.2, -0.15) is 0 Å². The Hall–Kier alpha value is -1.07. The van der Waals surface area contributed by atoms with Gasteiger partial charge in [0.05, 0.1) is 24.6 Å². The minimum Gasteiger partial charge on any atom is -0.496 e. The molecule has 5 heteroatoms. The summed E-state index contributed by atoms with van der Waals surface area (Å²) in [6.45, 7) is 2.14. The Morgan fingerprint density at radius 3 is 2.76 bits per heavy atom. The fourth-order valence-electron chi connectivity index (χ4n) is 1.43. The third-order valence-corrected chi connectivity index (χ3v) is 2.92. The predicted molar refractivity (Wildman–Crippen MR) is 68.9 cm³/mol. The highest BCUT2D eigenvalue weighted by Crippen LogP contribution is 2.28. The third-order valence-electron chi connectivity index (χ3n) is 2.30. The Bertz CT molecular complexity index is 395. The van der Waals surface area contributed by atoms with Crippen LogP contribution in [0, 0.1) is 0 Å². The van der Waals surface area contributed by atoms with E-state index in [1.54, 1.807) is 14.0 Å². The maximum atomic E-state index is 11.3. The summed E-state index contributed by atoms with van der Waals surface area (Å²) in [6.07, 6.45) is 0.173. The van der Waals surface area contributed by atoms with Crippen LogP contribution >= 0.6 is 15.9 Å². The summed E-state index contributed by atoms with van der Waals surface area (Å²) in [6, 6.07) is 5.14. The molecule has 17 heavy (non-hydrogen) atoms. The van der Waals surface area contributed by atoms with Gasteiger partial charge in [0.25, 0.3) is 0 Å². The molecule has 0 saturated carbocycles. The summed E-state index contributed by atoms with van der Waals surface area (Å²) < 4.78 is 10.8. The SMILES string of the molecule is CCOC(=O)CC(N)c1ccc(OC)c(Br)c1. The summed E-state index contributed by atoms with van der Waals surface area (Å²) in [7, 11) is 1.60. The average Bonchev–Trinajstić information content (AvgIpc) is 2.29. The van der Waals surface area contributed by atoms with Gasteiger partial charge >= 0.3 is 5.97 Å². The van der Waals surface area contributed by atoms with E-state index in [4.69, 9.17) is 15.2 Å². The van der Waals surface area contributed by atoms with Crippen LogP contribution in [-0.2, 0) is 9.53 Å². The van der Waals surface area contributed by atoms with Crippen LogP contribution in [0.1, 0.15) is 24.9 Å². The Morgan fingerprint density at radius 2 is 2.24 bits per heavy atom. The summed E-state index contributed by atoms with van der Waals surface area (Å²) in [5, 5.41) is 0. The van der Waals surface area contributed by atoms with Crippen molar-refractivity contribution >= 4 is 21.9 Å². The highest BCUT2D eigenvalue weighted by molar-refractivity contribution is 9.10. The largest absolute Gasteiger partial charge is 0.496 e. The smallest absolute Gasteiger partial charge is 0.307 e. The van der Waals surface area contributed by atoms with Gasteiger partial charge in [-0.05, 0) is 40.5 Å². The second kappa shape index (κ2) is 6.61. The van der Waals surface area contributed by atoms with Gasteiger partial charge in [0, 0.05) is 6.04 Å². The summed E-state index contributed by atoms with van der Waals surface area (Å²) in [4.78, 5) is 11.3. The lowest BCUT2D eigenvalue weighted by atomic mass is 10.0. The summed E-state index contributed by atoms with van der Waals surface area (Å²) in [5.74, 6) is 0.448. The molecule has 0 aromatic heterocycles. The fraction of sp³-hybridized carbons (Fsp3) is 0.417. The van der Waals surface area contributed by atoms with Crippen molar-refractivity contribution in [2.24, 2.45) is 5.73 Å². The molecule has 1 unspecified atom stereocenters. The van der Waals surface area contributed by atoms with Crippen LogP contribution in [0.3, 0.4) is 0 Å². The van der Waals surface area contributed by atoms with Gasteiger partial charge in [-0.1, -0.05) is 6.07 Å². The Morgan fingerprint density at radius 1 is 1.53 bits per heavy atom. The van der Waals surface area contributed by atoms with Gasteiger partial charge in [0.2, 0.25) is 0 Å². The lowest BCUT2D eigenvalue weighted by Crippen LogP contribution is -2.17. The van der Waals surface area contributed by atoms with Gasteiger partial charge in [-0.15, -0.1) is 0 Å². The van der Waals surface area contributed by atoms with Crippen molar-refractivity contribution in [2.75, 3.05) is 13.7 Å². The van der Waals surface area contributed by atoms with E-state index in [-0.39, 0.29) is 18.4 Å². The third kappa shape index (κ3) is 4.02.